The van der Waals surface area contributed by atoms with Crippen molar-refractivity contribution in [1.82, 2.24) is 4.57 Å². The van der Waals surface area contributed by atoms with E-state index in [-0.39, 0.29) is 6.29 Å². The molecule has 0 saturated carbocycles. The van der Waals surface area contributed by atoms with Gasteiger partial charge in [-0.1, -0.05) is 6.07 Å². The summed E-state index contributed by atoms with van der Waals surface area (Å²) in [4.78, 5) is 0. The zero-order chi connectivity index (χ0) is 15.0. The van der Waals surface area contributed by atoms with Gasteiger partial charge >= 0.3 is 0 Å². The highest BCUT2D eigenvalue weighted by Gasteiger charge is 2.23. The molecule has 21 heavy (non-hydrogen) atoms. The Morgan fingerprint density at radius 1 is 1.14 bits per heavy atom. The maximum atomic E-state index is 13.8. The second-order valence-corrected chi connectivity index (χ2v) is 5.22. The highest BCUT2D eigenvalue weighted by Crippen LogP contribution is 2.29. The SMILES string of the molecule is Cc1cc(C2OCCO2)c(C)n1Cc1ccc(F)cc1F. The van der Waals surface area contributed by atoms with Crippen molar-refractivity contribution >= 4 is 0 Å². The van der Waals surface area contributed by atoms with Crippen LogP contribution in [0.4, 0.5) is 8.78 Å². The summed E-state index contributed by atoms with van der Waals surface area (Å²) in [7, 11) is 0. The summed E-state index contributed by atoms with van der Waals surface area (Å²) in [5.74, 6) is -1.09. The van der Waals surface area contributed by atoms with Gasteiger partial charge in [0, 0.05) is 28.6 Å². The molecular weight excluding hydrogens is 276 g/mol. The minimum Gasteiger partial charge on any atom is -0.346 e. The van der Waals surface area contributed by atoms with Crippen molar-refractivity contribution in [3.63, 3.8) is 0 Å². The minimum atomic E-state index is -0.564. The number of halogens is 2. The van der Waals surface area contributed by atoms with Crippen molar-refractivity contribution in [1.29, 1.82) is 0 Å². The summed E-state index contributed by atoms with van der Waals surface area (Å²) in [6.07, 6.45) is -0.344. The fraction of sp³-hybridized carbons (Fsp3) is 0.375. The zero-order valence-electron chi connectivity index (χ0n) is 12.0. The molecule has 0 amide bonds. The predicted molar refractivity (Wildman–Crippen MR) is 74.0 cm³/mol. The lowest BCUT2D eigenvalue weighted by molar-refractivity contribution is -0.0445. The van der Waals surface area contributed by atoms with Crippen LogP contribution in [-0.4, -0.2) is 17.8 Å². The van der Waals surface area contributed by atoms with Crippen LogP contribution in [0.5, 0.6) is 0 Å². The summed E-state index contributed by atoms with van der Waals surface area (Å²) in [6, 6.07) is 5.66. The molecule has 1 aromatic heterocycles. The van der Waals surface area contributed by atoms with E-state index in [0.717, 1.165) is 23.0 Å². The molecule has 5 heteroatoms. The molecule has 0 N–H and O–H groups in total. The lowest BCUT2D eigenvalue weighted by Gasteiger charge is -2.13. The van der Waals surface area contributed by atoms with Crippen LogP contribution in [0.1, 0.15) is 28.8 Å². The summed E-state index contributed by atoms with van der Waals surface area (Å²) < 4.78 is 39.8. The Morgan fingerprint density at radius 2 is 1.86 bits per heavy atom. The highest BCUT2D eigenvalue weighted by atomic mass is 19.1. The quantitative estimate of drug-likeness (QED) is 0.865. The number of ether oxygens (including phenoxy) is 2. The Hall–Kier alpha value is -1.72. The van der Waals surface area contributed by atoms with Crippen LogP contribution in [0.2, 0.25) is 0 Å². The smallest absolute Gasteiger partial charge is 0.185 e. The van der Waals surface area contributed by atoms with E-state index < -0.39 is 11.6 Å². The summed E-state index contributed by atoms with van der Waals surface area (Å²) in [5, 5.41) is 0. The molecule has 0 aliphatic carbocycles. The number of aryl methyl sites for hydroxylation is 1. The largest absolute Gasteiger partial charge is 0.346 e. The van der Waals surface area contributed by atoms with Crippen LogP contribution < -0.4 is 0 Å². The zero-order valence-corrected chi connectivity index (χ0v) is 12.0. The fourth-order valence-corrected chi connectivity index (χ4v) is 2.67. The second kappa shape index (κ2) is 5.58. The van der Waals surface area contributed by atoms with E-state index >= 15 is 0 Å². The van der Waals surface area contributed by atoms with E-state index in [2.05, 4.69) is 0 Å². The number of hydrogen-bond donors (Lipinski definition) is 0. The van der Waals surface area contributed by atoms with Gasteiger partial charge in [-0.15, -0.1) is 0 Å². The van der Waals surface area contributed by atoms with Crippen LogP contribution in [0.25, 0.3) is 0 Å². The Bertz CT molecular complexity index is 661. The van der Waals surface area contributed by atoms with Crippen LogP contribution in [0.3, 0.4) is 0 Å². The van der Waals surface area contributed by atoms with E-state index in [1.807, 2.05) is 24.5 Å². The summed E-state index contributed by atoms with van der Waals surface area (Å²) in [6.45, 7) is 5.43. The highest BCUT2D eigenvalue weighted by molar-refractivity contribution is 5.30. The molecule has 2 aromatic rings. The molecule has 3 rings (SSSR count). The number of hydrogen-bond acceptors (Lipinski definition) is 2. The molecule has 0 atom stereocenters. The average molecular weight is 293 g/mol. The van der Waals surface area contributed by atoms with E-state index in [1.165, 1.54) is 12.1 Å². The summed E-state index contributed by atoms with van der Waals surface area (Å²) >= 11 is 0. The van der Waals surface area contributed by atoms with Crippen molar-refractivity contribution in [2.24, 2.45) is 0 Å². The molecule has 1 aliphatic rings. The van der Waals surface area contributed by atoms with Crippen LogP contribution >= 0.6 is 0 Å². The molecule has 1 aliphatic heterocycles. The number of nitrogens with zero attached hydrogens (tertiary/aromatic N) is 1. The first-order chi connectivity index (χ1) is 10.1. The van der Waals surface area contributed by atoms with Gasteiger partial charge in [0.1, 0.15) is 11.6 Å². The van der Waals surface area contributed by atoms with Crippen molar-refractivity contribution in [2.75, 3.05) is 13.2 Å². The maximum absolute atomic E-state index is 13.8. The normalized spacial score (nSPS) is 15.8. The van der Waals surface area contributed by atoms with Gasteiger partial charge in [0.25, 0.3) is 0 Å². The van der Waals surface area contributed by atoms with Gasteiger partial charge in [-0.3, -0.25) is 0 Å². The van der Waals surface area contributed by atoms with Crippen LogP contribution in [-0.2, 0) is 16.0 Å². The van der Waals surface area contributed by atoms with Gasteiger partial charge in [0.15, 0.2) is 6.29 Å². The standard InChI is InChI=1S/C16H17F2NO2/c1-10-7-14(16-20-5-6-21-16)11(2)19(10)9-12-3-4-13(17)8-15(12)18/h3-4,7-8,16H,5-6,9H2,1-2H3. The molecular formula is C16H17F2NO2. The van der Waals surface area contributed by atoms with Gasteiger partial charge in [-0.05, 0) is 26.0 Å². The molecule has 3 nitrogen and oxygen atoms in total. The number of rotatable bonds is 3. The van der Waals surface area contributed by atoms with Gasteiger partial charge in [0.2, 0.25) is 0 Å². The Labute approximate surface area is 122 Å². The van der Waals surface area contributed by atoms with Crippen LogP contribution in [0, 0.1) is 25.5 Å². The minimum absolute atomic E-state index is 0.344. The molecule has 0 bridgehead atoms. The van der Waals surface area contributed by atoms with Gasteiger partial charge in [0.05, 0.1) is 19.8 Å². The topological polar surface area (TPSA) is 23.4 Å². The van der Waals surface area contributed by atoms with Gasteiger partial charge in [-0.25, -0.2) is 8.78 Å². The Morgan fingerprint density at radius 3 is 2.52 bits per heavy atom. The predicted octanol–water partition coefficient (Wildman–Crippen LogP) is 3.48. The summed E-state index contributed by atoms with van der Waals surface area (Å²) in [5.41, 5.74) is 3.39. The molecule has 1 saturated heterocycles. The average Bonchev–Trinajstić information content (AvgIpc) is 3.04. The Kier molecular flexibility index (Phi) is 3.78. The van der Waals surface area contributed by atoms with Crippen molar-refractivity contribution in [2.45, 2.75) is 26.7 Å². The van der Waals surface area contributed by atoms with E-state index in [1.54, 1.807) is 0 Å². The number of aromatic nitrogens is 1. The first-order valence-corrected chi connectivity index (χ1v) is 6.90. The molecule has 2 heterocycles. The van der Waals surface area contributed by atoms with Crippen LogP contribution in [0.15, 0.2) is 24.3 Å². The third kappa shape index (κ3) is 2.71. The van der Waals surface area contributed by atoms with Gasteiger partial charge < -0.3 is 14.0 Å². The molecule has 1 fully saturated rings. The second-order valence-electron chi connectivity index (χ2n) is 5.22. The third-order valence-electron chi connectivity index (χ3n) is 3.83. The third-order valence-corrected chi connectivity index (χ3v) is 3.83. The lowest BCUT2D eigenvalue weighted by Crippen LogP contribution is -2.07. The van der Waals surface area contributed by atoms with Crippen molar-refractivity contribution in [3.8, 4) is 0 Å². The Balaban J connectivity index is 1.91. The first kappa shape index (κ1) is 14.2. The lowest BCUT2D eigenvalue weighted by atomic mass is 10.2. The molecule has 1 aromatic carbocycles. The molecule has 0 radical (unpaired) electrons. The first-order valence-electron chi connectivity index (χ1n) is 6.90. The number of benzene rings is 1. The molecule has 0 unspecified atom stereocenters. The van der Waals surface area contributed by atoms with E-state index in [0.29, 0.717) is 25.3 Å². The van der Waals surface area contributed by atoms with E-state index in [4.69, 9.17) is 9.47 Å². The monoisotopic (exact) mass is 293 g/mol. The molecule has 112 valence electrons. The van der Waals surface area contributed by atoms with Crippen molar-refractivity contribution in [3.05, 3.63) is 58.4 Å². The van der Waals surface area contributed by atoms with E-state index in [9.17, 15) is 8.78 Å². The maximum Gasteiger partial charge on any atom is 0.185 e. The fourth-order valence-electron chi connectivity index (χ4n) is 2.67. The van der Waals surface area contributed by atoms with Crippen molar-refractivity contribution < 1.29 is 18.3 Å². The molecule has 0 spiro atoms. The van der Waals surface area contributed by atoms with Gasteiger partial charge in [-0.2, -0.15) is 0 Å².